The van der Waals surface area contributed by atoms with Gasteiger partial charge in [-0.2, -0.15) is 0 Å². The Balaban J connectivity index is 1.34. The van der Waals surface area contributed by atoms with Crippen LogP contribution in [-0.4, -0.2) is 40.6 Å². The third kappa shape index (κ3) is 5.24. The van der Waals surface area contributed by atoms with Gasteiger partial charge in [-0.05, 0) is 54.7 Å². The summed E-state index contributed by atoms with van der Waals surface area (Å²) in [5.74, 6) is 1.08. The second-order valence-corrected chi connectivity index (χ2v) is 10.6. The largest absolute Gasteiger partial charge is 0.511 e. The molecule has 0 bridgehead atoms. The molecular formula is C26H34O5S. The predicted octanol–water partition coefficient (Wildman–Crippen LogP) is 5.13. The first-order chi connectivity index (χ1) is 15.4. The number of carbonyl (C=O) groups is 1. The highest BCUT2D eigenvalue weighted by molar-refractivity contribution is 8.02. The fraction of sp³-hybridized carbons (Fsp3) is 0.577. The standard InChI is InChI=1S/C26H34O5S/c1-31-25(30)19-10-8-18(9-11-19)16-32-24-20(21(27)14-22(24)28)4-2-5-23(29)26(12-3-13-26)15-17-6-7-17/h2,4,8-11,17,20-21,23,27-29H,3,5-7,12-16H2,1H3/b4-2+/t20-,21?,23?/m0/s1. The Morgan fingerprint density at radius 3 is 2.59 bits per heavy atom. The van der Waals surface area contributed by atoms with Crippen molar-refractivity contribution in [1.29, 1.82) is 0 Å². The minimum Gasteiger partial charge on any atom is -0.511 e. The van der Waals surface area contributed by atoms with Crippen molar-refractivity contribution in [3.8, 4) is 0 Å². The summed E-state index contributed by atoms with van der Waals surface area (Å²) < 4.78 is 4.73. The van der Waals surface area contributed by atoms with Crippen molar-refractivity contribution >= 4 is 17.7 Å². The average Bonchev–Trinajstić information content (AvgIpc) is 3.54. The SMILES string of the molecule is COC(=O)c1ccc(CSC2=C(O)CC(O)[C@@H]2/C=C/CC(O)C2(CC3CC3)CCC2)cc1. The van der Waals surface area contributed by atoms with E-state index in [0.29, 0.717) is 17.7 Å². The quantitative estimate of drug-likeness (QED) is 0.333. The molecule has 3 atom stereocenters. The fourth-order valence-corrected chi connectivity index (χ4v) is 6.20. The molecule has 6 heteroatoms. The molecule has 2 unspecified atom stereocenters. The van der Waals surface area contributed by atoms with Crippen LogP contribution in [0, 0.1) is 17.3 Å². The number of methoxy groups -OCH3 is 1. The van der Waals surface area contributed by atoms with E-state index in [9.17, 15) is 20.1 Å². The van der Waals surface area contributed by atoms with Gasteiger partial charge in [-0.15, -0.1) is 11.8 Å². The maximum atomic E-state index is 11.6. The van der Waals surface area contributed by atoms with E-state index in [4.69, 9.17) is 4.74 Å². The lowest BCUT2D eigenvalue weighted by atomic mass is 9.61. The number of rotatable bonds is 10. The van der Waals surface area contributed by atoms with Crippen LogP contribution in [0.4, 0.5) is 0 Å². The molecule has 2 saturated carbocycles. The summed E-state index contributed by atoms with van der Waals surface area (Å²) in [5, 5.41) is 31.8. The van der Waals surface area contributed by atoms with Crippen LogP contribution in [0.2, 0.25) is 0 Å². The molecule has 4 rings (SSSR count). The molecule has 0 radical (unpaired) electrons. The Kier molecular flexibility index (Phi) is 7.33. The minimum absolute atomic E-state index is 0.103. The molecule has 1 aromatic carbocycles. The summed E-state index contributed by atoms with van der Waals surface area (Å²) in [4.78, 5) is 12.4. The summed E-state index contributed by atoms with van der Waals surface area (Å²) in [6, 6.07) is 7.22. The first-order valence-corrected chi connectivity index (χ1v) is 12.7. The van der Waals surface area contributed by atoms with Gasteiger partial charge in [0.05, 0.1) is 24.9 Å². The van der Waals surface area contributed by atoms with Crippen LogP contribution in [0.3, 0.4) is 0 Å². The Labute approximate surface area is 194 Å². The van der Waals surface area contributed by atoms with Gasteiger partial charge >= 0.3 is 5.97 Å². The highest BCUT2D eigenvalue weighted by Crippen LogP contribution is 2.53. The first-order valence-electron chi connectivity index (χ1n) is 11.7. The Bertz CT molecular complexity index is 867. The lowest BCUT2D eigenvalue weighted by molar-refractivity contribution is -0.0430. The summed E-state index contributed by atoms with van der Waals surface area (Å²) in [6.07, 6.45) is 11.1. The number of hydrogen-bond acceptors (Lipinski definition) is 6. The van der Waals surface area contributed by atoms with Crippen LogP contribution < -0.4 is 0 Å². The molecule has 2 fully saturated rings. The first kappa shape index (κ1) is 23.4. The maximum absolute atomic E-state index is 11.6. The van der Waals surface area contributed by atoms with Gasteiger partial charge in [0.25, 0.3) is 0 Å². The third-order valence-corrected chi connectivity index (χ3v) is 8.62. The zero-order valence-electron chi connectivity index (χ0n) is 18.7. The van der Waals surface area contributed by atoms with Crippen molar-refractivity contribution in [2.75, 3.05) is 7.11 Å². The maximum Gasteiger partial charge on any atom is 0.337 e. The molecular weight excluding hydrogens is 424 g/mol. The molecule has 0 aliphatic heterocycles. The van der Waals surface area contributed by atoms with Crippen LogP contribution in [0.5, 0.6) is 0 Å². The number of benzene rings is 1. The molecule has 3 N–H and O–H groups in total. The highest BCUT2D eigenvalue weighted by atomic mass is 32.2. The molecule has 0 amide bonds. The van der Waals surface area contributed by atoms with Crippen LogP contribution in [-0.2, 0) is 10.5 Å². The highest BCUT2D eigenvalue weighted by Gasteiger charge is 2.46. The molecule has 0 aromatic heterocycles. The lowest BCUT2D eigenvalue weighted by Gasteiger charge is -2.46. The number of thioether (sulfide) groups is 1. The van der Waals surface area contributed by atoms with Gasteiger partial charge in [0.1, 0.15) is 5.76 Å². The van der Waals surface area contributed by atoms with Crippen LogP contribution in [0.25, 0.3) is 0 Å². The zero-order valence-corrected chi connectivity index (χ0v) is 19.5. The molecule has 3 aliphatic carbocycles. The van der Waals surface area contributed by atoms with Gasteiger partial charge in [0.15, 0.2) is 0 Å². The van der Waals surface area contributed by atoms with E-state index in [1.807, 2.05) is 24.3 Å². The van der Waals surface area contributed by atoms with Crippen molar-refractivity contribution in [1.82, 2.24) is 0 Å². The van der Waals surface area contributed by atoms with E-state index in [0.717, 1.165) is 35.6 Å². The zero-order chi connectivity index (χ0) is 22.7. The number of hydrogen-bond donors (Lipinski definition) is 3. The van der Waals surface area contributed by atoms with Crippen LogP contribution in [0.15, 0.2) is 47.1 Å². The third-order valence-electron chi connectivity index (χ3n) is 7.32. The molecule has 3 aliphatic rings. The molecule has 5 nitrogen and oxygen atoms in total. The Morgan fingerprint density at radius 2 is 2.00 bits per heavy atom. The van der Waals surface area contributed by atoms with Gasteiger partial charge in [-0.1, -0.05) is 43.5 Å². The van der Waals surface area contributed by atoms with E-state index < -0.39 is 6.10 Å². The normalized spacial score (nSPS) is 25.7. The van der Waals surface area contributed by atoms with Crippen LogP contribution >= 0.6 is 11.8 Å². The van der Waals surface area contributed by atoms with E-state index in [2.05, 4.69) is 0 Å². The number of aliphatic hydroxyl groups is 3. The summed E-state index contributed by atoms with van der Waals surface area (Å²) >= 11 is 1.51. The monoisotopic (exact) mass is 458 g/mol. The molecule has 0 saturated heterocycles. The Morgan fingerprint density at radius 1 is 1.28 bits per heavy atom. The second kappa shape index (κ2) is 10.0. The van der Waals surface area contributed by atoms with Crippen molar-refractivity contribution in [3.63, 3.8) is 0 Å². The van der Waals surface area contributed by atoms with E-state index in [1.54, 1.807) is 12.1 Å². The van der Waals surface area contributed by atoms with Crippen molar-refractivity contribution < 1.29 is 24.9 Å². The average molecular weight is 459 g/mol. The molecule has 32 heavy (non-hydrogen) atoms. The minimum atomic E-state index is -0.642. The molecule has 1 aromatic rings. The Hall–Kier alpha value is -1.76. The van der Waals surface area contributed by atoms with Crippen LogP contribution in [0.1, 0.15) is 67.3 Å². The van der Waals surface area contributed by atoms with Crippen molar-refractivity contribution in [2.24, 2.45) is 17.3 Å². The van der Waals surface area contributed by atoms with Crippen molar-refractivity contribution in [2.45, 2.75) is 69.3 Å². The van der Waals surface area contributed by atoms with Gasteiger partial charge < -0.3 is 20.1 Å². The second-order valence-electron chi connectivity index (χ2n) is 9.63. The summed E-state index contributed by atoms with van der Waals surface area (Å²) in [7, 11) is 1.36. The topological polar surface area (TPSA) is 87.0 Å². The van der Waals surface area contributed by atoms with Crippen molar-refractivity contribution in [3.05, 3.63) is 58.2 Å². The summed E-state index contributed by atoms with van der Waals surface area (Å²) in [6.45, 7) is 0. The van der Waals surface area contributed by atoms with E-state index in [1.165, 1.54) is 38.1 Å². The number of carbonyl (C=O) groups excluding carboxylic acids is 1. The van der Waals surface area contributed by atoms with Gasteiger partial charge in [-0.3, -0.25) is 0 Å². The van der Waals surface area contributed by atoms with E-state index in [-0.39, 0.29) is 35.6 Å². The molecule has 174 valence electrons. The fourth-order valence-electron chi connectivity index (χ4n) is 5.01. The van der Waals surface area contributed by atoms with Gasteiger partial charge in [-0.25, -0.2) is 4.79 Å². The van der Waals surface area contributed by atoms with Gasteiger partial charge in [0.2, 0.25) is 0 Å². The smallest absolute Gasteiger partial charge is 0.337 e. The van der Waals surface area contributed by atoms with E-state index >= 15 is 0 Å². The number of esters is 1. The predicted molar refractivity (Wildman–Crippen MR) is 126 cm³/mol. The number of ether oxygens (including phenoxy) is 1. The lowest BCUT2D eigenvalue weighted by Crippen LogP contribution is -2.41. The molecule has 0 spiro atoms. The molecule has 0 heterocycles. The summed E-state index contributed by atoms with van der Waals surface area (Å²) in [5.41, 5.74) is 1.63. The van der Waals surface area contributed by atoms with Gasteiger partial charge in [0, 0.05) is 23.0 Å². The number of aliphatic hydroxyl groups excluding tert-OH is 3.